The van der Waals surface area contributed by atoms with Crippen LogP contribution in [0, 0.1) is 11.3 Å². The molecule has 3 N–H and O–H groups in total. The van der Waals surface area contributed by atoms with E-state index in [1.54, 1.807) is 4.90 Å². The van der Waals surface area contributed by atoms with Gasteiger partial charge in [0.25, 0.3) is 0 Å². The van der Waals surface area contributed by atoms with Gasteiger partial charge >= 0.3 is 5.97 Å². The quantitative estimate of drug-likeness (QED) is 0.306. The lowest BCUT2D eigenvalue weighted by Crippen LogP contribution is -2.47. The highest BCUT2D eigenvalue weighted by atomic mass is 16.5. The van der Waals surface area contributed by atoms with Crippen molar-refractivity contribution in [3.05, 3.63) is 54.1 Å². The lowest BCUT2D eigenvalue weighted by atomic mass is 10.0. The summed E-state index contributed by atoms with van der Waals surface area (Å²) < 4.78 is 10.8. The Kier molecular flexibility index (Phi) is 8.43. The first-order valence-electron chi connectivity index (χ1n) is 12.7. The molecule has 0 bridgehead atoms. The Labute approximate surface area is 217 Å². The van der Waals surface area contributed by atoms with E-state index in [1.165, 1.54) is 7.11 Å². The first-order valence-corrected chi connectivity index (χ1v) is 12.7. The van der Waals surface area contributed by atoms with Crippen LogP contribution in [0.2, 0.25) is 0 Å². The number of nitrogens with two attached hydrogens (primary N) is 1. The van der Waals surface area contributed by atoms with Crippen molar-refractivity contribution in [1.82, 2.24) is 9.80 Å². The summed E-state index contributed by atoms with van der Waals surface area (Å²) in [5.41, 5.74) is 8.18. The number of carbonyl (C=O) groups is 3. The molecule has 0 aliphatic carbocycles. The Morgan fingerprint density at radius 2 is 1.62 bits per heavy atom. The van der Waals surface area contributed by atoms with Crippen molar-refractivity contribution in [2.45, 2.75) is 38.1 Å². The molecule has 2 aliphatic heterocycles. The van der Waals surface area contributed by atoms with Crippen LogP contribution in [0.3, 0.4) is 0 Å². The fourth-order valence-corrected chi connectivity index (χ4v) is 4.96. The van der Waals surface area contributed by atoms with E-state index in [0.717, 1.165) is 43.5 Å². The van der Waals surface area contributed by atoms with Crippen molar-refractivity contribution in [3.63, 3.8) is 0 Å². The molecule has 0 spiro atoms. The summed E-state index contributed by atoms with van der Waals surface area (Å²) in [6.45, 7) is 1.66. The molecule has 2 amide bonds. The number of ether oxygens (including phenoxy) is 2. The number of nitrogen functional groups attached to an aromatic ring is 1. The van der Waals surface area contributed by atoms with E-state index in [-0.39, 0.29) is 43.3 Å². The monoisotopic (exact) mass is 506 g/mol. The molecule has 37 heavy (non-hydrogen) atoms. The number of nitrogens with zero attached hydrogens (tertiary/aromatic N) is 2. The molecule has 2 aromatic carbocycles. The van der Waals surface area contributed by atoms with Gasteiger partial charge in [0.2, 0.25) is 11.8 Å². The van der Waals surface area contributed by atoms with Gasteiger partial charge in [-0.15, -0.1) is 0 Å². The van der Waals surface area contributed by atoms with Gasteiger partial charge in [-0.3, -0.25) is 19.8 Å². The normalized spacial score (nSPS) is 19.5. The molecule has 9 heteroatoms. The van der Waals surface area contributed by atoms with Gasteiger partial charge in [-0.05, 0) is 48.9 Å². The van der Waals surface area contributed by atoms with Crippen molar-refractivity contribution in [1.29, 1.82) is 5.41 Å². The van der Waals surface area contributed by atoms with Gasteiger partial charge in [0, 0.05) is 18.7 Å². The number of likely N-dealkylation sites (tertiary alicyclic amines) is 2. The second kappa shape index (κ2) is 11.9. The first kappa shape index (κ1) is 26.2. The smallest absolute Gasteiger partial charge is 0.306 e. The van der Waals surface area contributed by atoms with E-state index < -0.39 is 11.9 Å². The molecule has 0 radical (unpaired) electrons. The van der Waals surface area contributed by atoms with Gasteiger partial charge in [0.1, 0.15) is 24.7 Å². The molecule has 0 unspecified atom stereocenters. The Morgan fingerprint density at radius 3 is 2.22 bits per heavy atom. The number of rotatable bonds is 9. The van der Waals surface area contributed by atoms with Crippen LogP contribution in [-0.4, -0.2) is 72.8 Å². The predicted octanol–water partition coefficient (Wildman–Crippen LogP) is 2.81. The van der Waals surface area contributed by atoms with Crippen molar-refractivity contribution >= 4 is 23.6 Å². The summed E-state index contributed by atoms with van der Waals surface area (Å²) in [5, 5.41) is 7.52. The van der Waals surface area contributed by atoms with Crippen LogP contribution < -0.4 is 10.5 Å². The lowest BCUT2D eigenvalue weighted by molar-refractivity contribution is -0.146. The van der Waals surface area contributed by atoms with Gasteiger partial charge in [-0.1, -0.05) is 36.4 Å². The van der Waals surface area contributed by atoms with Crippen LogP contribution in [-0.2, 0) is 19.1 Å². The summed E-state index contributed by atoms with van der Waals surface area (Å²) in [6.07, 6.45) is 3.51. The Morgan fingerprint density at radius 1 is 1.00 bits per heavy atom. The molecular weight excluding hydrogens is 472 g/mol. The van der Waals surface area contributed by atoms with E-state index in [2.05, 4.69) is 0 Å². The molecule has 2 aliphatic rings. The number of amides is 2. The number of benzene rings is 2. The molecule has 9 nitrogen and oxygen atoms in total. The highest BCUT2D eigenvalue weighted by molar-refractivity contribution is 5.95. The molecule has 2 atom stereocenters. The van der Waals surface area contributed by atoms with E-state index in [0.29, 0.717) is 17.7 Å². The molecule has 196 valence electrons. The fourth-order valence-electron chi connectivity index (χ4n) is 4.96. The van der Waals surface area contributed by atoms with E-state index in [9.17, 15) is 14.4 Å². The third-order valence-electron chi connectivity index (χ3n) is 7.11. The van der Waals surface area contributed by atoms with Crippen molar-refractivity contribution < 1.29 is 23.9 Å². The molecular formula is C28H34N4O5. The van der Waals surface area contributed by atoms with Crippen LogP contribution >= 0.6 is 0 Å². The number of amidine groups is 1. The van der Waals surface area contributed by atoms with Gasteiger partial charge in [-0.25, -0.2) is 0 Å². The molecule has 0 saturated carbocycles. The highest BCUT2D eigenvalue weighted by Gasteiger charge is 2.42. The van der Waals surface area contributed by atoms with Crippen LogP contribution in [0.5, 0.6) is 5.75 Å². The zero-order valence-corrected chi connectivity index (χ0v) is 21.2. The standard InChI is InChI=1S/C28H34N4O5/c1-36-26(34)16-22-15-23(32(28(22)35)17-25(33)31-13-3-2-4-14-31)18-37-24-11-9-20(10-12-24)19-5-7-21(8-6-19)27(29)30/h5-12,22-23H,2-4,13-18H2,1H3,(H3,29,30)/t22-,23-/m0/s1. The lowest BCUT2D eigenvalue weighted by Gasteiger charge is -2.30. The number of nitrogens with one attached hydrogen (secondary N) is 1. The van der Waals surface area contributed by atoms with Crippen molar-refractivity contribution in [3.8, 4) is 16.9 Å². The Hall–Kier alpha value is -3.88. The summed E-state index contributed by atoms with van der Waals surface area (Å²) in [4.78, 5) is 41.3. The SMILES string of the molecule is COC(=O)C[C@@H]1C[C@@H](COc2ccc(-c3ccc(C(=N)N)cc3)cc2)N(CC(=O)N2CCCCC2)C1=O. The number of carbonyl (C=O) groups excluding carboxylic acids is 3. The van der Waals surface area contributed by atoms with Gasteiger partial charge in [-0.2, -0.15) is 0 Å². The Balaban J connectivity index is 1.41. The van der Waals surface area contributed by atoms with Crippen LogP contribution in [0.1, 0.15) is 37.7 Å². The van der Waals surface area contributed by atoms with Gasteiger partial charge in [0.05, 0.1) is 25.5 Å². The predicted molar refractivity (Wildman–Crippen MR) is 139 cm³/mol. The number of hydrogen-bond acceptors (Lipinski definition) is 6. The topological polar surface area (TPSA) is 126 Å². The summed E-state index contributed by atoms with van der Waals surface area (Å²) >= 11 is 0. The second-order valence-corrected chi connectivity index (χ2v) is 9.60. The second-order valence-electron chi connectivity index (χ2n) is 9.60. The van der Waals surface area contributed by atoms with E-state index in [1.807, 2.05) is 53.4 Å². The van der Waals surface area contributed by atoms with E-state index in [4.69, 9.17) is 20.6 Å². The fraction of sp³-hybridized carbons (Fsp3) is 0.429. The first-order chi connectivity index (χ1) is 17.9. The minimum absolute atomic E-state index is 0.000269. The largest absolute Gasteiger partial charge is 0.491 e. The maximum atomic E-state index is 13.1. The van der Waals surface area contributed by atoms with Crippen LogP contribution in [0.4, 0.5) is 0 Å². The number of piperidine rings is 1. The van der Waals surface area contributed by atoms with Gasteiger partial charge < -0.3 is 25.0 Å². The minimum Gasteiger partial charge on any atom is -0.491 e. The average Bonchev–Trinajstić information content (AvgIpc) is 3.21. The van der Waals surface area contributed by atoms with Crippen LogP contribution in [0.15, 0.2) is 48.5 Å². The summed E-state index contributed by atoms with van der Waals surface area (Å²) in [5.74, 6) is -0.535. The molecule has 2 heterocycles. The molecule has 2 saturated heterocycles. The number of esters is 1. The third kappa shape index (κ3) is 6.47. The number of methoxy groups -OCH3 is 1. The third-order valence-corrected chi connectivity index (χ3v) is 7.11. The van der Waals surface area contributed by atoms with Crippen LogP contribution in [0.25, 0.3) is 11.1 Å². The van der Waals surface area contributed by atoms with Crippen molar-refractivity contribution in [2.75, 3.05) is 33.4 Å². The van der Waals surface area contributed by atoms with E-state index >= 15 is 0 Å². The Bertz CT molecular complexity index is 1130. The summed E-state index contributed by atoms with van der Waals surface area (Å²) in [7, 11) is 1.31. The molecule has 2 aromatic rings. The maximum absolute atomic E-state index is 13.1. The molecule has 0 aromatic heterocycles. The molecule has 4 rings (SSSR count). The minimum atomic E-state index is -0.518. The summed E-state index contributed by atoms with van der Waals surface area (Å²) in [6, 6.07) is 14.7. The molecule has 2 fully saturated rings. The highest BCUT2D eigenvalue weighted by Crippen LogP contribution is 2.29. The average molecular weight is 507 g/mol. The zero-order chi connectivity index (χ0) is 26.4. The zero-order valence-electron chi connectivity index (χ0n) is 21.2. The van der Waals surface area contributed by atoms with Crippen molar-refractivity contribution in [2.24, 2.45) is 11.7 Å². The van der Waals surface area contributed by atoms with Gasteiger partial charge in [0.15, 0.2) is 0 Å². The maximum Gasteiger partial charge on any atom is 0.306 e. The number of hydrogen-bond donors (Lipinski definition) is 2.